The van der Waals surface area contributed by atoms with Gasteiger partial charge in [0.25, 0.3) is 0 Å². The molecule has 0 aliphatic heterocycles. The van der Waals surface area contributed by atoms with Gasteiger partial charge >= 0.3 is 0 Å². The van der Waals surface area contributed by atoms with Crippen LogP contribution < -0.4 is 5.32 Å². The summed E-state index contributed by atoms with van der Waals surface area (Å²) >= 11 is 0. The van der Waals surface area contributed by atoms with E-state index < -0.39 is 0 Å². The predicted octanol–water partition coefficient (Wildman–Crippen LogP) is 2.73. The summed E-state index contributed by atoms with van der Waals surface area (Å²) in [6.07, 6.45) is 4.89. The largest absolute Gasteiger partial charge is 0.305 e. The van der Waals surface area contributed by atoms with Crippen LogP contribution in [0.2, 0.25) is 0 Å². The molecule has 0 spiro atoms. The van der Waals surface area contributed by atoms with E-state index >= 15 is 0 Å². The second kappa shape index (κ2) is 6.63. The Labute approximate surface area is 98.2 Å². The number of aromatic amines is 1. The van der Waals surface area contributed by atoms with Crippen LogP contribution in [0, 0.1) is 6.92 Å². The van der Waals surface area contributed by atoms with Crippen LogP contribution in [0.3, 0.4) is 0 Å². The molecular weight excluding hydrogens is 200 g/mol. The van der Waals surface area contributed by atoms with Gasteiger partial charge in [0.05, 0.1) is 6.04 Å². The van der Waals surface area contributed by atoms with Gasteiger partial charge in [0.15, 0.2) is 5.82 Å². The summed E-state index contributed by atoms with van der Waals surface area (Å²) in [6, 6.07) is 0.817. The molecule has 1 heterocycles. The number of H-pyrrole nitrogens is 1. The van der Waals surface area contributed by atoms with Crippen molar-refractivity contribution < 1.29 is 0 Å². The highest BCUT2D eigenvalue weighted by Gasteiger charge is 2.14. The van der Waals surface area contributed by atoms with E-state index in [4.69, 9.17) is 0 Å². The van der Waals surface area contributed by atoms with Gasteiger partial charge in [-0.15, -0.1) is 0 Å². The zero-order valence-electron chi connectivity index (χ0n) is 10.9. The molecular formula is C12H24N4. The molecule has 4 nitrogen and oxygen atoms in total. The first-order valence-corrected chi connectivity index (χ1v) is 6.32. The first-order chi connectivity index (χ1) is 7.67. The van der Waals surface area contributed by atoms with Crippen LogP contribution in [0.4, 0.5) is 0 Å². The molecule has 0 bridgehead atoms. The lowest BCUT2D eigenvalue weighted by molar-refractivity contribution is 0.394. The Kier molecular flexibility index (Phi) is 5.46. The minimum atomic E-state index is 0.230. The molecule has 1 aromatic heterocycles. The number of hydrogen-bond acceptors (Lipinski definition) is 3. The Morgan fingerprint density at radius 3 is 2.31 bits per heavy atom. The van der Waals surface area contributed by atoms with Crippen molar-refractivity contribution in [2.24, 2.45) is 0 Å². The summed E-state index contributed by atoms with van der Waals surface area (Å²) in [5.41, 5.74) is 0. The lowest BCUT2D eigenvalue weighted by Crippen LogP contribution is -2.31. The fraction of sp³-hybridized carbons (Fsp3) is 0.833. The van der Waals surface area contributed by atoms with Crippen molar-refractivity contribution in [1.82, 2.24) is 20.5 Å². The summed E-state index contributed by atoms with van der Waals surface area (Å²) in [7, 11) is 0. The van der Waals surface area contributed by atoms with Gasteiger partial charge in [-0.3, -0.25) is 5.10 Å². The van der Waals surface area contributed by atoms with Crippen LogP contribution in [-0.2, 0) is 0 Å². The lowest BCUT2D eigenvalue weighted by Gasteiger charge is -2.20. The fourth-order valence-corrected chi connectivity index (χ4v) is 1.99. The van der Waals surface area contributed by atoms with Crippen LogP contribution in [0.15, 0.2) is 0 Å². The molecule has 1 rings (SSSR count). The molecule has 4 heteroatoms. The Bertz CT molecular complexity index is 289. The maximum Gasteiger partial charge on any atom is 0.167 e. The number of hydrogen-bond donors (Lipinski definition) is 2. The molecule has 0 fully saturated rings. The van der Waals surface area contributed by atoms with Gasteiger partial charge in [-0.25, -0.2) is 4.98 Å². The van der Waals surface area contributed by atoms with Gasteiger partial charge in [0.1, 0.15) is 5.82 Å². The normalized spacial score (nSPS) is 13.3. The number of nitrogens with one attached hydrogen (secondary N) is 2. The summed E-state index contributed by atoms with van der Waals surface area (Å²) in [5.74, 6) is 1.75. The van der Waals surface area contributed by atoms with Crippen molar-refractivity contribution in [1.29, 1.82) is 0 Å². The zero-order valence-corrected chi connectivity index (χ0v) is 10.9. The second-order valence-corrected chi connectivity index (χ2v) is 4.44. The van der Waals surface area contributed by atoms with Gasteiger partial charge in [-0.1, -0.05) is 26.7 Å². The fourth-order valence-electron chi connectivity index (χ4n) is 1.99. The lowest BCUT2D eigenvalue weighted by atomic mass is 10.1. The minimum absolute atomic E-state index is 0.230. The standard InChI is InChI=1S/C12H24N4/c1-5-7-11(8-6-2)13-9(3)12-14-10(4)15-16-12/h9,11,13H,5-8H2,1-4H3,(H,14,15,16)/t9-/m0/s1. The maximum atomic E-state index is 4.35. The quantitative estimate of drug-likeness (QED) is 0.748. The van der Waals surface area contributed by atoms with E-state index in [9.17, 15) is 0 Å². The molecule has 0 saturated carbocycles. The monoisotopic (exact) mass is 224 g/mol. The van der Waals surface area contributed by atoms with Gasteiger partial charge < -0.3 is 5.32 Å². The third-order valence-electron chi connectivity index (χ3n) is 2.76. The smallest absolute Gasteiger partial charge is 0.167 e. The van der Waals surface area contributed by atoms with Crippen molar-refractivity contribution in [2.75, 3.05) is 0 Å². The molecule has 0 unspecified atom stereocenters. The second-order valence-electron chi connectivity index (χ2n) is 4.44. The van der Waals surface area contributed by atoms with E-state index in [-0.39, 0.29) is 6.04 Å². The van der Waals surface area contributed by atoms with Gasteiger partial charge in [0.2, 0.25) is 0 Å². The van der Waals surface area contributed by atoms with Crippen LogP contribution in [0.25, 0.3) is 0 Å². The topological polar surface area (TPSA) is 53.6 Å². The highest BCUT2D eigenvalue weighted by Crippen LogP contribution is 2.12. The Morgan fingerprint density at radius 2 is 1.88 bits per heavy atom. The first-order valence-electron chi connectivity index (χ1n) is 6.32. The average Bonchev–Trinajstić information content (AvgIpc) is 2.65. The van der Waals surface area contributed by atoms with E-state index in [1.165, 1.54) is 25.7 Å². The number of nitrogens with zero attached hydrogens (tertiary/aromatic N) is 2. The number of aryl methyl sites for hydroxylation is 1. The minimum Gasteiger partial charge on any atom is -0.305 e. The summed E-state index contributed by atoms with van der Waals surface area (Å²) in [4.78, 5) is 4.35. The van der Waals surface area contributed by atoms with Crippen molar-refractivity contribution >= 4 is 0 Å². The molecule has 0 amide bonds. The first kappa shape index (κ1) is 13.2. The summed E-state index contributed by atoms with van der Waals surface area (Å²) in [6.45, 7) is 8.51. The van der Waals surface area contributed by atoms with Crippen molar-refractivity contribution in [2.45, 2.75) is 65.5 Å². The van der Waals surface area contributed by atoms with Gasteiger partial charge in [0, 0.05) is 6.04 Å². The van der Waals surface area contributed by atoms with Crippen LogP contribution >= 0.6 is 0 Å². The highest BCUT2D eigenvalue weighted by atomic mass is 15.2. The van der Waals surface area contributed by atoms with E-state index in [2.05, 4.69) is 41.3 Å². The Balaban J connectivity index is 2.50. The number of rotatable bonds is 7. The molecule has 0 aromatic carbocycles. The third-order valence-corrected chi connectivity index (χ3v) is 2.76. The van der Waals surface area contributed by atoms with E-state index in [1.54, 1.807) is 0 Å². The zero-order chi connectivity index (χ0) is 12.0. The van der Waals surface area contributed by atoms with Crippen LogP contribution in [0.1, 0.15) is 64.1 Å². The molecule has 2 N–H and O–H groups in total. The molecule has 0 saturated heterocycles. The van der Waals surface area contributed by atoms with E-state index in [0.29, 0.717) is 6.04 Å². The SMILES string of the molecule is CCCC(CCC)N[C@@H](C)c1n[nH]c(C)n1. The number of aromatic nitrogens is 3. The van der Waals surface area contributed by atoms with Crippen molar-refractivity contribution in [3.8, 4) is 0 Å². The molecule has 1 atom stereocenters. The van der Waals surface area contributed by atoms with Crippen LogP contribution in [-0.4, -0.2) is 21.2 Å². The van der Waals surface area contributed by atoms with E-state index in [1.807, 2.05) is 6.92 Å². The summed E-state index contributed by atoms with van der Waals surface area (Å²) in [5, 5.41) is 10.7. The molecule has 1 aromatic rings. The molecule has 0 aliphatic rings. The molecule has 0 aliphatic carbocycles. The van der Waals surface area contributed by atoms with Crippen molar-refractivity contribution in [3.63, 3.8) is 0 Å². The van der Waals surface area contributed by atoms with E-state index in [0.717, 1.165) is 11.6 Å². The van der Waals surface area contributed by atoms with Crippen LogP contribution in [0.5, 0.6) is 0 Å². The highest BCUT2D eigenvalue weighted by molar-refractivity contribution is 4.94. The Hall–Kier alpha value is -0.900. The summed E-state index contributed by atoms with van der Waals surface area (Å²) < 4.78 is 0. The van der Waals surface area contributed by atoms with Crippen molar-refractivity contribution in [3.05, 3.63) is 11.6 Å². The maximum absolute atomic E-state index is 4.35. The van der Waals surface area contributed by atoms with Gasteiger partial charge in [-0.2, -0.15) is 5.10 Å². The molecule has 16 heavy (non-hydrogen) atoms. The third kappa shape index (κ3) is 3.93. The van der Waals surface area contributed by atoms with Gasteiger partial charge in [-0.05, 0) is 26.7 Å². The Morgan fingerprint density at radius 1 is 1.25 bits per heavy atom. The predicted molar refractivity (Wildman–Crippen MR) is 66.3 cm³/mol. The molecule has 0 radical (unpaired) electrons. The molecule has 92 valence electrons. The average molecular weight is 224 g/mol.